The molecule has 146 valence electrons. The van der Waals surface area contributed by atoms with Gasteiger partial charge in [0.2, 0.25) is 15.9 Å². The first-order chi connectivity index (χ1) is 12.7. The molecule has 2 rings (SSSR count). The van der Waals surface area contributed by atoms with Gasteiger partial charge in [0.15, 0.2) is 0 Å². The quantitative estimate of drug-likeness (QED) is 0.617. The standard InChI is InChI=1S/C17H17BrCl2N2O4S/c1-3-22(10-16(23)21-12-5-4-6-13(9-12)26-2)27(24,25)17-14(19)7-11(18)8-15(17)20/h4-9H,3,10H2,1-2H3,(H,21,23). The van der Waals surface area contributed by atoms with Crippen molar-refractivity contribution >= 4 is 60.7 Å². The Balaban J connectivity index is 2.24. The molecule has 10 heteroatoms. The number of benzene rings is 2. The molecule has 0 heterocycles. The second-order valence-electron chi connectivity index (χ2n) is 5.41. The Bertz CT molecular complexity index is 931. The van der Waals surface area contributed by atoms with Gasteiger partial charge in [0.25, 0.3) is 0 Å². The Kier molecular flexibility index (Phi) is 7.53. The fourth-order valence-electron chi connectivity index (χ4n) is 2.33. The van der Waals surface area contributed by atoms with E-state index in [-0.39, 0.29) is 21.5 Å². The molecule has 0 aliphatic heterocycles. The summed E-state index contributed by atoms with van der Waals surface area (Å²) in [6.45, 7) is 1.30. The first kappa shape index (κ1) is 22.0. The lowest BCUT2D eigenvalue weighted by Crippen LogP contribution is -2.38. The Hall–Kier alpha value is -1.32. The second-order valence-corrected chi connectivity index (χ2v) is 9.01. The van der Waals surface area contributed by atoms with E-state index < -0.39 is 22.5 Å². The molecule has 0 bridgehead atoms. The minimum absolute atomic E-state index is 0.0268. The van der Waals surface area contributed by atoms with Gasteiger partial charge in [0.1, 0.15) is 10.6 Å². The van der Waals surface area contributed by atoms with Gasteiger partial charge in [0.05, 0.1) is 23.7 Å². The maximum absolute atomic E-state index is 12.9. The molecule has 0 saturated heterocycles. The number of carbonyl (C=O) groups excluding carboxylic acids is 1. The molecule has 1 amide bonds. The van der Waals surface area contributed by atoms with Crippen molar-refractivity contribution in [2.24, 2.45) is 0 Å². The molecule has 2 aromatic carbocycles. The molecule has 0 radical (unpaired) electrons. The van der Waals surface area contributed by atoms with Crippen molar-refractivity contribution in [2.45, 2.75) is 11.8 Å². The fraction of sp³-hybridized carbons (Fsp3) is 0.235. The van der Waals surface area contributed by atoms with E-state index in [4.69, 9.17) is 27.9 Å². The zero-order valence-corrected chi connectivity index (χ0v) is 18.4. The number of hydrogen-bond donors (Lipinski definition) is 1. The van der Waals surface area contributed by atoms with Gasteiger partial charge in [-0.25, -0.2) is 8.42 Å². The van der Waals surface area contributed by atoms with Crippen molar-refractivity contribution in [3.8, 4) is 5.75 Å². The molecule has 0 aliphatic rings. The van der Waals surface area contributed by atoms with E-state index in [1.807, 2.05) is 0 Å². The molecule has 6 nitrogen and oxygen atoms in total. The summed E-state index contributed by atoms with van der Waals surface area (Å²) in [5.41, 5.74) is 0.493. The van der Waals surface area contributed by atoms with Crippen molar-refractivity contribution in [3.05, 3.63) is 50.9 Å². The molecular formula is C17H17BrCl2N2O4S. The van der Waals surface area contributed by atoms with Crippen molar-refractivity contribution in [1.29, 1.82) is 0 Å². The monoisotopic (exact) mass is 494 g/mol. The van der Waals surface area contributed by atoms with Gasteiger partial charge in [0, 0.05) is 22.8 Å². The lowest BCUT2D eigenvalue weighted by atomic mass is 10.3. The van der Waals surface area contributed by atoms with E-state index in [0.717, 1.165) is 4.31 Å². The third kappa shape index (κ3) is 5.36. The molecule has 0 atom stereocenters. The van der Waals surface area contributed by atoms with Gasteiger partial charge in [-0.2, -0.15) is 4.31 Å². The highest BCUT2D eigenvalue weighted by Gasteiger charge is 2.30. The Morgan fingerprint density at radius 3 is 2.41 bits per heavy atom. The predicted octanol–water partition coefficient (Wildman–Crippen LogP) is 4.41. The number of nitrogens with zero attached hydrogens (tertiary/aromatic N) is 1. The lowest BCUT2D eigenvalue weighted by molar-refractivity contribution is -0.116. The molecule has 27 heavy (non-hydrogen) atoms. The summed E-state index contributed by atoms with van der Waals surface area (Å²) in [6.07, 6.45) is 0. The molecule has 2 aromatic rings. The molecule has 0 aliphatic carbocycles. The summed E-state index contributed by atoms with van der Waals surface area (Å²) in [7, 11) is -2.55. The van der Waals surface area contributed by atoms with E-state index >= 15 is 0 Å². The molecule has 0 saturated carbocycles. The van der Waals surface area contributed by atoms with E-state index in [9.17, 15) is 13.2 Å². The zero-order valence-electron chi connectivity index (χ0n) is 14.5. The van der Waals surface area contributed by atoms with Gasteiger partial charge in [-0.05, 0) is 24.3 Å². The highest BCUT2D eigenvalue weighted by molar-refractivity contribution is 9.10. The number of rotatable bonds is 7. The molecule has 0 spiro atoms. The average molecular weight is 496 g/mol. The number of amides is 1. The smallest absolute Gasteiger partial charge is 0.246 e. The van der Waals surface area contributed by atoms with Gasteiger partial charge in [-0.1, -0.05) is 52.1 Å². The third-order valence-electron chi connectivity index (χ3n) is 3.59. The number of ether oxygens (including phenoxy) is 1. The topological polar surface area (TPSA) is 75.7 Å². The summed E-state index contributed by atoms with van der Waals surface area (Å²) in [6, 6.07) is 9.62. The van der Waals surface area contributed by atoms with Crippen molar-refractivity contribution < 1.29 is 17.9 Å². The van der Waals surface area contributed by atoms with Crippen LogP contribution in [0.4, 0.5) is 5.69 Å². The summed E-state index contributed by atoms with van der Waals surface area (Å²) in [4.78, 5) is 12.1. The lowest BCUT2D eigenvalue weighted by Gasteiger charge is -2.21. The number of hydrogen-bond acceptors (Lipinski definition) is 4. The minimum atomic E-state index is -4.07. The van der Waals surface area contributed by atoms with Crippen LogP contribution in [0.5, 0.6) is 5.75 Å². The van der Waals surface area contributed by atoms with Crippen molar-refractivity contribution in [2.75, 3.05) is 25.5 Å². The maximum Gasteiger partial charge on any atom is 0.246 e. The number of likely N-dealkylation sites (N-methyl/N-ethyl adjacent to an activating group) is 1. The summed E-state index contributed by atoms with van der Waals surface area (Å²) in [5.74, 6) is 0.0687. The van der Waals surface area contributed by atoms with Gasteiger partial charge in [-0.15, -0.1) is 0 Å². The number of halogens is 3. The van der Waals surface area contributed by atoms with E-state index in [1.54, 1.807) is 31.2 Å². The maximum atomic E-state index is 12.9. The summed E-state index contributed by atoms with van der Waals surface area (Å²) < 4.78 is 32.5. The second kappa shape index (κ2) is 9.25. The van der Waals surface area contributed by atoms with E-state index in [0.29, 0.717) is 15.9 Å². The number of methoxy groups -OCH3 is 1. The highest BCUT2D eigenvalue weighted by atomic mass is 79.9. The first-order valence-corrected chi connectivity index (χ1v) is 10.8. The number of nitrogens with one attached hydrogen (secondary N) is 1. The van der Waals surface area contributed by atoms with Crippen LogP contribution in [0.1, 0.15) is 6.92 Å². The Morgan fingerprint density at radius 1 is 1.22 bits per heavy atom. The van der Waals surface area contributed by atoms with Gasteiger partial charge in [-0.3, -0.25) is 4.79 Å². The normalized spacial score (nSPS) is 11.5. The third-order valence-corrected chi connectivity index (χ3v) is 6.89. The number of sulfonamides is 1. The van der Waals surface area contributed by atoms with Crippen LogP contribution in [-0.4, -0.2) is 38.8 Å². The highest BCUT2D eigenvalue weighted by Crippen LogP contribution is 2.34. The van der Waals surface area contributed by atoms with Crippen LogP contribution >= 0.6 is 39.1 Å². The molecular weight excluding hydrogens is 479 g/mol. The van der Waals surface area contributed by atoms with Gasteiger partial charge < -0.3 is 10.1 Å². The Morgan fingerprint density at radius 2 is 1.85 bits per heavy atom. The summed E-state index contributed by atoms with van der Waals surface area (Å²) in [5, 5.41) is 2.59. The minimum Gasteiger partial charge on any atom is -0.497 e. The van der Waals surface area contributed by atoms with Crippen LogP contribution in [0.15, 0.2) is 45.8 Å². The molecule has 0 fully saturated rings. The van der Waals surface area contributed by atoms with Crippen LogP contribution in [0, 0.1) is 0 Å². The number of carbonyl (C=O) groups is 1. The van der Waals surface area contributed by atoms with Crippen LogP contribution in [0.3, 0.4) is 0 Å². The number of anilines is 1. The zero-order chi connectivity index (χ0) is 20.2. The largest absolute Gasteiger partial charge is 0.497 e. The fourth-order valence-corrected chi connectivity index (χ4v) is 5.62. The van der Waals surface area contributed by atoms with Gasteiger partial charge >= 0.3 is 0 Å². The van der Waals surface area contributed by atoms with Crippen LogP contribution in [0.25, 0.3) is 0 Å². The SMILES string of the molecule is CCN(CC(=O)Nc1cccc(OC)c1)S(=O)(=O)c1c(Cl)cc(Br)cc1Cl. The Labute approximate surface area is 176 Å². The molecule has 1 N–H and O–H groups in total. The molecule has 0 aromatic heterocycles. The molecule has 0 unspecified atom stereocenters. The van der Waals surface area contributed by atoms with Crippen LogP contribution < -0.4 is 10.1 Å². The first-order valence-electron chi connectivity index (χ1n) is 7.77. The van der Waals surface area contributed by atoms with Crippen LogP contribution in [0.2, 0.25) is 10.0 Å². The van der Waals surface area contributed by atoms with Crippen molar-refractivity contribution in [3.63, 3.8) is 0 Å². The summed E-state index contributed by atoms with van der Waals surface area (Å²) >= 11 is 15.4. The van der Waals surface area contributed by atoms with E-state index in [2.05, 4.69) is 21.2 Å². The van der Waals surface area contributed by atoms with E-state index in [1.165, 1.54) is 19.2 Å². The predicted molar refractivity (Wildman–Crippen MR) is 110 cm³/mol. The average Bonchev–Trinajstić information content (AvgIpc) is 2.58. The van der Waals surface area contributed by atoms with Crippen LogP contribution in [-0.2, 0) is 14.8 Å². The van der Waals surface area contributed by atoms with Crippen molar-refractivity contribution in [1.82, 2.24) is 4.31 Å².